The zero-order chi connectivity index (χ0) is 14.5. The van der Waals surface area contributed by atoms with Gasteiger partial charge in [-0.25, -0.2) is 0 Å². The molecule has 0 aliphatic rings. The number of hydrogen-bond donors (Lipinski definition) is 1. The highest BCUT2D eigenvalue weighted by molar-refractivity contribution is 6.36. The maximum Gasteiger partial charge on any atom is 0.137 e. The van der Waals surface area contributed by atoms with Gasteiger partial charge in [-0.3, -0.25) is 4.98 Å². The van der Waals surface area contributed by atoms with Crippen molar-refractivity contribution < 1.29 is 4.74 Å². The van der Waals surface area contributed by atoms with Crippen LogP contribution in [0.1, 0.15) is 24.1 Å². The zero-order valence-corrected chi connectivity index (χ0v) is 12.7. The predicted octanol–water partition coefficient (Wildman–Crippen LogP) is 4.03. The molecule has 0 saturated carbocycles. The van der Waals surface area contributed by atoms with E-state index < -0.39 is 0 Å². The highest BCUT2D eigenvalue weighted by atomic mass is 35.5. The van der Waals surface area contributed by atoms with Crippen LogP contribution in [0.5, 0.6) is 5.75 Å². The Morgan fingerprint density at radius 3 is 2.60 bits per heavy atom. The summed E-state index contributed by atoms with van der Waals surface area (Å²) in [6, 6.07) is 7.10. The van der Waals surface area contributed by atoms with Gasteiger partial charge in [0.2, 0.25) is 0 Å². The SMILES string of the molecule is CCOc1cncc(C(N)Cc2c(Cl)cccc2Cl)c1. The minimum absolute atomic E-state index is 0.236. The van der Waals surface area contributed by atoms with E-state index in [4.69, 9.17) is 33.7 Å². The molecule has 0 saturated heterocycles. The first-order valence-electron chi connectivity index (χ1n) is 6.38. The molecule has 5 heteroatoms. The Morgan fingerprint density at radius 1 is 1.25 bits per heavy atom. The lowest BCUT2D eigenvalue weighted by atomic mass is 10.0. The van der Waals surface area contributed by atoms with Crippen LogP contribution in [0.15, 0.2) is 36.7 Å². The van der Waals surface area contributed by atoms with E-state index in [0.29, 0.717) is 28.8 Å². The number of benzene rings is 1. The molecule has 0 fully saturated rings. The van der Waals surface area contributed by atoms with Gasteiger partial charge in [-0.2, -0.15) is 0 Å². The molecule has 2 aromatic rings. The van der Waals surface area contributed by atoms with Crippen LogP contribution >= 0.6 is 23.2 Å². The number of pyridine rings is 1. The molecule has 1 aromatic heterocycles. The van der Waals surface area contributed by atoms with E-state index in [1.54, 1.807) is 12.4 Å². The highest BCUT2D eigenvalue weighted by Gasteiger charge is 2.13. The largest absolute Gasteiger partial charge is 0.492 e. The Balaban J connectivity index is 2.19. The molecule has 2 rings (SSSR count). The van der Waals surface area contributed by atoms with Crippen LogP contribution in [0.2, 0.25) is 10.0 Å². The molecule has 0 aliphatic carbocycles. The molecule has 1 aromatic carbocycles. The number of nitrogens with two attached hydrogens (primary N) is 1. The third-order valence-corrected chi connectivity index (χ3v) is 3.67. The van der Waals surface area contributed by atoms with Crippen LogP contribution in [0.25, 0.3) is 0 Å². The number of hydrogen-bond acceptors (Lipinski definition) is 3. The van der Waals surface area contributed by atoms with Gasteiger partial charge in [0.15, 0.2) is 0 Å². The third kappa shape index (κ3) is 3.63. The standard InChI is InChI=1S/C15H16Cl2N2O/c1-2-20-11-6-10(8-19-9-11)15(18)7-12-13(16)4-3-5-14(12)17/h3-6,8-9,15H,2,7,18H2,1H3. The summed E-state index contributed by atoms with van der Waals surface area (Å²) in [5.41, 5.74) is 7.96. The van der Waals surface area contributed by atoms with Gasteiger partial charge in [-0.15, -0.1) is 0 Å². The lowest BCUT2D eigenvalue weighted by Crippen LogP contribution is -2.14. The third-order valence-electron chi connectivity index (χ3n) is 2.96. The van der Waals surface area contributed by atoms with Gasteiger partial charge in [-0.1, -0.05) is 29.3 Å². The van der Waals surface area contributed by atoms with Crippen LogP contribution in [0, 0.1) is 0 Å². The number of rotatable bonds is 5. The summed E-state index contributed by atoms with van der Waals surface area (Å²) in [5.74, 6) is 0.714. The maximum atomic E-state index is 6.22. The van der Waals surface area contributed by atoms with Crippen molar-refractivity contribution in [1.82, 2.24) is 4.98 Å². The van der Waals surface area contributed by atoms with Crippen molar-refractivity contribution in [3.05, 3.63) is 57.8 Å². The molecule has 0 radical (unpaired) electrons. The second-order valence-corrected chi connectivity index (χ2v) is 5.21. The van der Waals surface area contributed by atoms with Crippen molar-refractivity contribution in [1.29, 1.82) is 0 Å². The average Bonchev–Trinajstić information content (AvgIpc) is 2.43. The molecular formula is C15H16Cl2N2O. The highest BCUT2D eigenvalue weighted by Crippen LogP contribution is 2.29. The monoisotopic (exact) mass is 310 g/mol. The Hall–Kier alpha value is -1.29. The number of nitrogens with zero attached hydrogens (tertiary/aromatic N) is 1. The molecule has 0 bridgehead atoms. The van der Waals surface area contributed by atoms with Crippen LogP contribution in [0.4, 0.5) is 0 Å². The van der Waals surface area contributed by atoms with Crippen molar-refractivity contribution in [2.24, 2.45) is 5.73 Å². The molecular weight excluding hydrogens is 295 g/mol. The quantitative estimate of drug-likeness (QED) is 0.907. The number of halogens is 2. The molecule has 2 N–H and O–H groups in total. The second kappa shape index (κ2) is 6.93. The molecule has 1 unspecified atom stereocenters. The van der Waals surface area contributed by atoms with Gasteiger partial charge in [0, 0.05) is 22.3 Å². The van der Waals surface area contributed by atoms with E-state index in [2.05, 4.69) is 4.98 Å². The van der Waals surface area contributed by atoms with E-state index in [-0.39, 0.29) is 6.04 Å². The van der Waals surface area contributed by atoms with Crippen LogP contribution in [0.3, 0.4) is 0 Å². The summed E-state index contributed by atoms with van der Waals surface area (Å²) in [5, 5.41) is 1.25. The summed E-state index contributed by atoms with van der Waals surface area (Å²) in [6.45, 7) is 2.52. The van der Waals surface area contributed by atoms with Crippen molar-refractivity contribution in [3.63, 3.8) is 0 Å². The molecule has 3 nitrogen and oxygen atoms in total. The predicted molar refractivity (Wildman–Crippen MR) is 82.5 cm³/mol. The van der Waals surface area contributed by atoms with Gasteiger partial charge in [0.05, 0.1) is 12.8 Å². The molecule has 1 atom stereocenters. The Bertz CT molecular complexity index is 570. The summed E-state index contributed by atoms with van der Waals surface area (Å²) >= 11 is 12.3. The summed E-state index contributed by atoms with van der Waals surface area (Å²) in [6.07, 6.45) is 3.95. The Labute approximate surface area is 128 Å². The molecule has 20 heavy (non-hydrogen) atoms. The van der Waals surface area contributed by atoms with Crippen LogP contribution < -0.4 is 10.5 Å². The summed E-state index contributed by atoms with van der Waals surface area (Å²) in [7, 11) is 0. The fourth-order valence-corrected chi connectivity index (χ4v) is 2.50. The van der Waals surface area contributed by atoms with E-state index >= 15 is 0 Å². The van der Waals surface area contributed by atoms with Crippen LogP contribution in [-0.4, -0.2) is 11.6 Å². The van der Waals surface area contributed by atoms with E-state index in [1.807, 2.05) is 31.2 Å². The van der Waals surface area contributed by atoms with Crippen molar-refractivity contribution in [2.45, 2.75) is 19.4 Å². The van der Waals surface area contributed by atoms with Gasteiger partial charge >= 0.3 is 0 Å². The average molecular weight is 311 g/mol. The molecule has 0 amide bonds. The fraction of sp³-hybridized carbons (Fsp3) is 0.267. The van der Waals surface area contributed by atoms with E-state index in [1.165, 1.54) is 0 Å². The topological polar surface area (TPSA) is 48.1 Å². The van der Waals surface area contributed by atoms with Gasteiger partial charge in [0.1, 0.15) is 5.75 Å². The first-order chi connectivity index (χ1) is 9.61. The second-order valence-electron chi connectivity index (χ2n) is 4.40. The fourth-order valence-electron chi connectivity index (χ4n) is 1.95. The molecule has 1 heterocycles. The normalized spacial score (nSPS) is 12.2. The lowest BCUT2D eigenvalue weighted by molar-refractivity contribution is 0.338. The van der Waals surface area contributed by atoms with Gasteiger partial charge < -0.3 is 10.5 Å². The maximum absolute atomic E-state index is 6.22. The number of ether oxygens (including phenoxy) is 1. The van der Waals surface area contributed by atoms with E-state index in [9.17, 15) is 0 Å². The molecule has 0 spiro atoms. The number of aromatic nitrogens is 1. The van der Waals surface area contributed by atoms with Crippen molar-refractivity contribution >= 4 is 23.2 Å². The zero-order valence-electron chi connectivity index (χ0n) is 11.1. The van der Waals surface area contributed by atoms with Gasteiger partial charge in [0.25, 0.3) is 0 Å². The molecule has 0 aliphatic heterocycles. The van der Waals surface area contributed by atoms with Crippen molar-refractivity contribution in [3.8, 4) is 5.75 Å². The van der Waals surface area contributed by atoms with E-state index in [0.717, 1.165) is 11.1 Å². The minimum atomic E-state index is -0.236. The van der Waals surface area contributed by atoms with Gasteiger partial charge in [-0.05, 0) is 42.7 Å². The first kappa shape index (κ1) is 15.1. The summed E-state index contributed by atoms with van der Waals surface area (Å²) < 4.78 is 5.42. The lowest BCUT2D eigenvalue weighted by Gasteiger charge is -2.15. The Kier molecular flexibility index (Phi) is 5.24. The minimum Gasteiger partial charge on any atom is -0.492 e. The Morgan fingerprint density at radius 2 is 1.95 bits per heavy atom. The van der Waals surface area contributed by atoms with Crippen LogP contribution in [-0.2, 0) is 6.42 Å². The smallest absolute Gasteiger partial charge is 0.137 e. The molecule has 106 valence electrons. The summed E-state index contributed by atoms with van der Waals surface area (Å²) in [4.78, 5) is 4.14. The first-order valence-corrected chi connectivity index (χ1v) is 7.13. The van der Waals surface area contributed by atoms with Crippen molar-refractivity contribution in [2.75, 3.05) is 6.61 Å².